The van der Waals surface area contributed by atoms with Crippen molar-refractivity contribution >= 4 is 17.6 Å². The summed E-state index contributed by atoms with van der Waals surface area (Å²) >= 11 is 0. The molecule has 2 aromatic rings. The molecule has 7 heteroatoms. The van der Waals surface area contributed by atoms with Crippen LogP contribution in [0.25, 0.3) is 0 Å². The van der Waals surface area contributed by atoms with E-state index in [9.17, 15) is 14.4 Å². The third-order valence-corrected chi connectivity index (χ3v) is 6.16. The lowest BCUT2D eigenvalue weighted by Gasteiger charge is -2.19. The largest absolute Gasteiger partial charge is 0.347 e. The van der Waals surface area contributed by atoms with Crippen LogP contribution in [0.1, 0.15) is 59.8 Å². The van der Waals surface area contributed by atoms with Gasteiger partial charge in [0.25, 0.3) is 5.91 Å². The number of benzene rings is 1. The molecule has 1 unspecified atom stereocenters. The van der Waals surface area contributed by atoms with Crippen LogP contribution in [0.3, 0.4) is 0 Å². The van der Waals surface area contributed by atoms with Gasteiger partial charge in [-0.1, -0.05) is 37.3 Å². The highest BCUT2D eigenvalue weighted by atomic mass is 16.2. The number of aromatic nitrogens is 2. The molecule has 1 N–H and O–H groups in total. The Morgan fingerprint density at radius 2 is 1.83 bits per heavy atom. The molecule has 1 saturated carbocycles. The van der Waals surface area contributed by atoms with Gasteiger partial charge in [-0.25, -0.2) is 0 Å². The summed E-state index contributed by atoms with van der Waals surface area (Å²) in [7, 11) is 0. The van der Waals surface area contributed by atoms with E-state index in [0.29, 0.717) is 42.7 Å². The van der Waals surface area contributed by atoms with Gasteiger partial charge < -0.3 is 10.2 Å². The van der Waals surface area contributed by atoms with Crippen LogP contribution in [0.2, 0.25) is 0 Å². The second-order valence-electron chi connectivity index (χ2n) is 7.97. The van der Waals surface area contributed by atoms with Gasteiger partial charge >= 0.3 is 0 Å². The van der Waals surface area contributed by atoms with Crippen LogP contribution in [-0.4, -0.2) is 51.4 Å². The highest BCUT2D eigenvalue weighted by Gasteiger charge is 2.57. The molecule has 1 saturated heterocycles. The smallest absolute Gasteiger partial charge is 0.269 e. The Hall–Kier alpha value is -2.96. The van der Waals surface area contributed by atoms with E-state index in [4.69, 9.17) is 0 Å². The Labute approximate surface area is 170 Å². The topological polar surface area (TPSA) is 84.3 Å². The first-order valence-corrected chi connectivity index (χ1v) is 10.1. The van der Waals surface area contributed by atoms with Gasteiger partial charge in [0.15, 0.2) is 5.78 Å². The highest BCUT2D eigenvalue weighted by molar-refractivity contribution is 5.99. The number of ketones is 1. The number of fused-ring (bicyclic) bond motifs is 1. The van der Waals surface area contributed by atoms with Crippen molar-refractivity contribution in [2.75, 3.05) is 13.1 Å². The van der Waals surface area contributed by atoms with E-state index in [1.54, 1.807) is 24.6 Å². The zero-order chi connectivity index (χ0) is 20.7. The van der Waals surface area contributed by atoms with Crippen molar-refractivity contribution < 1.29 is 14.4 Å². The predicted octanol–water partition coefficient (Wildman–Crippen LogP) is 2.29. The minimum Gasteiger partial charge on any atom is -0.347 e. The molecule has 2 heterocycles. The zero-order valence-corrected chi connectivity index (χ0v) is 17.0. The summed E-state index contributed by atoms with van der Waals surface area (Å²) in [6.07, 6.45) is 0.339. The van der Waals surface area contributed by atoms with Gasteiger partial charge in [-0.15, -0.1) is 0 Å². The maximum atomic E-state index is 13.1. The Balaban J connectivity index is 1.55. The van der Waals surface area contributed by atoms with Gasteiger partial charge in [-0.3, -0.25) is 19.1 Å². The zero-order valence-electron chi connectivity index (χ0n) is 17.0. The van der Waals surface area contributed by atoms with Crippen LogP contribution in [0, 0.1) is 11.8 Å². The van der Waals surface area contributed by atoms with Crippen molar-refractivity contribution in [1.82, 2.24) is 20.0 Å². The van der Waals surface area contributed by atoms with E-state index >= 15 is 0 Å². The highest BCUT2D eigenvalue weighted by Crippen LogP contribution is 2.45. The van der Waals surface area contributed by atoms with E-state index in [0.717, 1.165) is 5.56 Å². The van der Waals surface area contributed by atoms with Crippen LogP contribution in [-0.2, 0) is 4.79 Å². The van der Waals surface area contributed by atoms with Crippen LogP contribution in [0.15, 0.2) is 36.4 Å². The molecule has 1 aromatic carbocycles. The standard InChI is InChI=1S/C22H26N4O3/c1-4-20(28)18-10-19(26(24-18)13(2)15-8-6-5-7-9-15)22(29)23-21-16-11-25(14(3)27)12-17(16)21/h5-10,13,16-17,21H,4,11-12H2,1-3H3,(H,23,29)/t13-,16-,17+,21?/m0/s1. The number of carbonyl (C=O) groups excluding carboxylic acids is 3. The molecule has 152 valence electrons. The molecule has 1 aliphatic carbocycles. The lowest BCUT2D eigenvalue weighted by molar-refractivity contribution is -0.128. The molecule has 2 amide bonds. The van der Waals surface area contributed by atoms with E-state index in [2.05, 4.69) is 10.4 Å². The quantitative estimate of drug-likeness (QED) is 0.762. The number of piperidine rings is 1. The average molecular weight is 394 g/mol. The van der Waals surface area contributed by atoms with E-state index in [1.165, 1.54) is 0 Å². The van der Waals surface area contributed by atoms with E-state index in [-0.39, 0.29) is 29.7 Å². The van der Waals surface area contributed by atoms with Crippen molar-refractivity contribution in [1.29, 1.82) is 0 Å². The number of likely N-dealkylation sites (tertiary alicyclic amines) is 1. The fourth-order valence-electron chi connectivity index (χ4n) is 4.27. The number of amides is 2. The molecular weight excluding hydrogens is 368 g/mol. The Bertz CT molecular complexity index is 940. The van der Waals surface area contributed by atoms with Crippen LogP contribution in [0.5, 0.6) is 0 Å². The second-order valence-corrected chi connectivity index (χ2v) is 7.97. The van der Waals surface area contributed by atoms with E-state index < -0.39 is 0 Å². The molecule has 0 spiro atoms. The molecule has 2 aliphatic rings. The summed E-state index contributed by atoms with van der Waals surface area (Å²) in [5, 5.41) is 7.57. The van der Waals surface area contributed by atoms with Crippen LogP contribution in [0.4, 0.5) is 0 Å². The van der Waals surface area contributed by atoms with Crippen LogP contribution >= 0.6 is 0 Å². The van der Waals surface area contributed by atoms with Gasteiger partial charge in [0.05, 0.1) is 6.04 Å². The molecule has 1 aromatic heterocycles. The third-order valence-electron chi connectivity index (χ3n) is 6.16. The van der Waals surface area contributed by atoms with Crippen molar-refractivity contribution in [2.45, 2.75) is 39.3 Å². The first-order chi connectivity index (χ1) is 13.9. The SMILES string of the molecule is CCC(=O)c1cc(C(=O)NC2[C@H]3CN(C(C)=O)C[C@@H]23)n([C@@H](C)c2ccccc2)n1. The monoisotopic (exact) mass is 394 g/mol. The molecule has 0 bridgehead atoms. The predicted molar refractivity (Wildman–Crippen MR) is 108 cm³/mol. The van der Waals surface area contributed by atoms with Crippen molar-refractivity contribution in [3.63, 3.8) is 0 Å². The summed E-state index contributed by atoms with van der Waals surface area (Å²) in [5.74, 6) is 0.424. The van der Waals surface area contributed by atoms with Gasteiger partial charge in [-0.05, 0) is 12.5 Å². The van der Waals surface area contributed by atoms with Gasteiger partial charge in [0.1, 0.15) is 11.4 Å². The minimum atomic E-state index is -0.218. The van der Waals surface area contributed by atoms with Gasteiger partial charge in [0, 0.05) is 50.4 Å². The molecule has 29 heavy (non-hydrogen) atoms. The van der Waals surface area contributed by atoms with Crippen LogP contribution < -0.4 is 5.32 Å². The molecule has 1 aliphatic heterocycles. The maximum Gasteiger partial charge on any atom is 0.269 e. The Kier molecular flexibility index (Phi) is 4.98. The first kappa shape index (κ1) is 19.4. The second kappa shape index (κ2) is 7.46. The lowest BCUT2D eigenvalue weighted by Crippen LogP contribution is -2.37. The molecule has 4 rings (SSSR count). The van der Waals surface area contributed by atoms with Gasteiger partial charge in [0.2, 0.25) is 5.91 Å². The number of hydrogen-bond donors (Lipinski definition) is 1. The van der Waals surface area contributed by atoms with Gasteiger partial charge in [-0.2, -0.15) is 5.10 Å². The van der Waals surface area contributed by atoms with Crippen molar-refractivity contribution in [2.24, 2.45) is 11.8 Å². The molecule has 4 atom stereocenters. The number of rotatable bonds is 6. The number of hydrogen-bond acceptors (Lipinski definition) is 4. The molecule has 7 nitrogen and oxygen atoms in total. The fraction of sp³-hybridized carbons (Fsp3) is 0.455. The summed E-state index contributed by atoms with van der Waals surface area (Å²) < 4.78 is 1.65. The average Bonchev–Trinajstić information content (AvgIpc) is 3.11. The fourth-order valence-corrected chi connectivity index (χ4v) is 4.27. The number of nitrogens with one attached hydrogen (secondary N) is 1. The molecule has 2 fully saturated rings. The third kappa shape index (κ3) is 3.57. The summed E-state index contributed by atoms with van der Waals surface area (Å²) in [6.45, 7) is 6.73. The molecular formula is C22H26N4O3. The summed E-state index contributed by atoms with van der Waals surface area (Å²) in [4.78, 5) is 38.6. The maximum absolute atomic E-state index is 13.1. The number of nitrogens with zero attached hydrogens (tertiary/aromatic N) is 3. The lowest BCUT2D eigenvalue weighted by atomic mass is 10.1. The summed E-state index contributed by atoms with van der Waals surface area (Å²) in [5.41, 5.74) is 1.73. The van der Waals surface area contributed by atoms with Crippen molar-refractivity contribution in [3.8, 4) is 0 Å². The summed E-state index contributed by atoms with van der Waals surface area (Å²) in [6, 6.07) is 11.3. The number of carbonyl (C=O) groups is 3. The minimum absolute atomic E-state index is 0.0822. The Morgan fingerprint density at radius 1 is 1.17 bits per heavy atom. The van der Waals surface area contributed by atoms with Crippen molar-refractivity contribution in [3.05, 3.63) is 53.3 Å². The number of Topliss-reactive ketones (excluding diaryl/α,β-unsaturated/α-hetero) is 1. The Morgan fingerprint density at radius 3 is 2.41 bits per heavy atom. The normalized spacial score (nSPS) is 23.4. The van der Waals surface area contributed by atoms with E-state index in [1.807, 2.05) is 42.2 Å². The first-order valence-electron chi connectivity index (χ1n) is 10.1. The molecule has 0 radical (unpaired) electrons.